The van der Waals surface area contributed by atoms with Gasteiger partial charge in [0, 0.05) is 121 Å². The first kappa shape index (κ1) is 74.0. The van der Waals surface area contributed by atoms with Crippen molar-refractivity contribution in [3.8, 4) is 68.8 Å². The van der Waals surface area contributed by atoms with Crippen LogP contribution in [0.3, 0.4) is 0 Å². The standard InChI is InChI=1S/3C23H21N3O.C23H21N3S/c1-15-11-19-14-27-26-23(19)21(16(15)2)10-9-20-8-7-18(13-25-20)22-6-4-3-5-17(22)12-24;1-15-11-19-14-26-27-23(19)21(16(15)2)10-9-20-8-7-18(13-25-20)22-6-4-3-5-17(22)12-24;1-15-11-23-22(14-27-26-23)20(16(15)2)10-9-19-8-7-18(13-25-19)21-6-4-3-5-17(21)12-24;1-15-11-23-22(14-26-27-23)20(16(15)2)10-9-19-8-7-18(13-25-19)21-6-4-3-5-17(21)12-24/h2*3-10,13-16,21H,11H2,1-2H3;2*3-10,13-16,20H,11H2,1-2H3/b4*10-9+/t2*15-,16+,21-;2*15-,16+,20-/m0000/s1. The summed E-state index contributed by atoms with van der Waals surface area (Å²) in [4.78, 5) is 19.7. The summed E-state index contributed by atoms with van der Waals surface area (Å²) in [6, 6.07) is 55.4. The lowest BCUT2D eigenvalue weighted by molar-refractivity contribution is 0.273. The van der Waals surface area contributed by atoms with Crippen molar-refractivity contribution in [2.24, 2.45) is 47.3 Å². The molecule has 15 nitrogen and oxygen atoms in total. The molecule has 0 aliphatic heterocycles. The molecule has 8 heterocycles. The zero-order valence-electron chi connectivity index (χ0n) is 61.9. The smallest absolute Gasteiger partial charge is 0.147 e. The normalized spacial score (nSPS) is 21.7. The molecule has 8 aromatic heterocycles. The van der Waals surface area contributed by atoms with Crippen LogP contribution in [0.2, 0.25) is 0 Å². The Morgan fingerprint density at radius 1 is 0.380 bits per heavy atom. The topological polar surface area (TPSA) is 238 Å². The minimum absolute atomic E-state index is 0.215. The van der Waals surface area contributed by atoms with Crippen LogP contribution in [0.15, 0.2) is 233 Å². The van der Waals surface area contributed by atoms with E-state index in [-0.39, 0.29) is 17.8 Å². The summed E-state index contributed by atoms with van der Waals surface area (Å²) in [5.74, 6) is 6.62. The van der Waals surface area contributed by atoms with Crippen LogP contribution in [0.25, 0.3) is 68.8 Å². The van der Waals surface area contributed by atoms with Gasteiger partial charge in [0.25, 0.3) is 0 Å². The van der Waals surface area contributed by atoms with Gasteiger partial charge in [-0.15, -0.1) is 0 Å². The maximum atomic E-state index is 9.29. The molecule has 0 fully saturated rings. The Kier molecular flexibility index (Phi) is 23.5. The average molecular weight is 1440 g/mol. The first-order valence-electron chi connectivity index (χ1n) is 37.0. The molecule has 4 aliphatic rings. The van der Waals surface area contributed by atoms with Gasteiger partial charge in [0.1, 0.15) is 18.3 Å². The van der Waals surface area contributed by atoms with Crippen LogP contribution in [-0.2, 0) is 25.7 Å². The molecule has 536 valence electrons. The maximum absolute atomic E-state index is 9.29. The molecule has 16 rings (SSSR count). The van der Waals surface area contributed by atoms with E-state index in [2.05, 4.69) is 162 Å². The van der Waals surface area contributed by atoms with Crippen LogP contribution in [0.5, 0.6) is 0 Å². The Bertz CT molecular complexity index is 4710. The van der Waals surface area contributed by atoms with E-state index >= 15 is 0 Å². The SMILES string of the molecule is C[C@H]1[C@H](/C=C/c2ccc(-c3ccccc3C#N)cn2)c2cnsc2C[C@@H]1C.C[C@H]1[C@H](/C=C/c2ccc(-c3ccccc3C#N)cn2)c2conc2C[C@@H]1C.C[C@H]1[C@H](/C=C/c2ccc(-c3ccccc3C#N)cn2)c2nocc2C[C@@H]1C.C[C@H]1[C@H](/C=C/c2ccc(-c3ccccc3C#N)cn2)c2oncc2C[C@@H]1C. The Morgan fingerprint density at radius 3 is 1.20 bits per heavy atom. The highest BCUT2D eigenvalue weighted by molar-refractivity contribution is 7.05. The quantitative estimate of drug-likeness (QED) is 0.111. The predicted molar refractivity (Wildman–Crippen MR) is 424 cm³/mol. The molecule has 4 aliphatic carbocycles. The first-order valence-corrected chi connectivity index (χ1v) is 37.7. The largest absolute Gasteiger partial charge is 0.364 e. The molecule has 0 saturated heterocycles. The van der Waals surface area contributed by atoms with E-state index in [0.29, 0.717) is 75.5 Å². The molecule has 4 aromatic carbocycles. The van der Waals surface area contributed by atoms with Crippen molar-refractivity contribution in [2.45, 2.75) is 105 Å². The number of fused-ring (bicyclic) bond motifs is 4. The second kappa shape index (κ2) is 34.3. The highest BCUT2D eigenvalue weighted by atomic mass is 32.1. The van der Waals surface area contributed by atoms with E-state index in [0.717, 1.165) is 110 Å². The van der Waals surface area contributed by atoms with Crippen molar-refractivity contribution >= 4 is 35.8 Å². The monoisotopic (exact) mass is 1440 g/mol. The fourth-order valence-corrected chi connectivity index (χ4v) is 16.1. The van der Waals surface area contributed by atoms with Gasteiger partial charge in [0.05, 0.1) is 86.9 Å². The Labute approximate surface area is 636 Å². The number of rotatable bonds is 12. The third-order valence-corrected chi connectivity index (χ3v) is 23.3. The van der Waals surface area contributed by atoms with Crippen LogP contribution < -0.4 is 0 Å². The average Bonchev–Trinajstić information content (AvgIpc) is 1.62. The Balaban J connectivity index is 0.000000127. The molecule has 0 saturated carbocycles. The van der Waals surface area contributed by atoms with E-state index in [1.807, 2.05) is 189 Å². The minimum Gasteiger partial charge on any atom is -0.364 e. The van der Waals surface area contributed by atoms with Crippen LogP contribution >= 0.6 is 11.5 Å². The number of allylic oxidation sites excluding steroid dienone is 4. The molecular weight excluding hydrogens is 1350 g/mol. The number of aromatic nitrogens is 8. The molecule has 108 heavy (non-hydrogen) atoms. The highest BCUT2D eigenvalue weighted by Gasteiger charge is 2.36. The van der Waals surface area contributed by atoms with Crippen molar-refractivity contribution < 1.29 is 13.6 Å². The lowest BCUT2D eigenvalue weighted by Crippen LogP contribution is -2.24. The van der Waals surface area contributed by atoms with Crippen LogP contribution in [-0.4, -0.2) is 39.8 Å². The third-order valence-electron chi connectivity index (χ3n) is 22.5. The lowest BCUT2D eigenvalue weighted by Gasteiger charge is -2.31. The van der Waals surface area contributed by atoms with Gasteiger partial charge in [-0.05, 0) is 163 Å². The van der Waals surface area contributed by atoms with Gasteiger partial charge in [-0.25, -0.2) is 4.37 Å². The van der Waals surface area contributed by atoms with Crippen molar-refractivity contribution in [3.63, 3.8) is 0 Å². The van der Waals surface area contributed by atoms with Gasteiger partial charge in [-0.2, -0.15) is 21.0 Å². The maximum Gasteiger partial charge on any atom is 0.147 e. The molecule has 0 radical (unpaired) electrons. The van der Waals surface area contributed by atoms with Crippen molar-refractivity contribution in [2.75, 3.05) is 0 Å². The fraction of sp³-hybridized carbons (Fsp3) is 0.261. The molecule has 0 spiro atoms. The van der Waals surface area contributed by atoms with E-state index in [1.165, 1.54) is 27.1 Å². The second-order valence-corrected chi connectivity index (χ2v) is 30.0. The summed E-state index contributed by atoms with van der Waals surface area (Å²) < 4.78 is 20.3. The van der Waals surface area contributed by atoms with Gasteiger partial charge < -0.3 is 13.6 Å². The number of nitrogens with zero attached hydrogens (tertiary/aromatic N) is 12. The molecule has 16 heteroatoms. The lowest BCUT2D eigenvalue weighted by atomic mass is 9.73. The zero-order chi connectivity index (χ0) is 75.2. The van der Waals surface area contributed by atoms with Crippen LogP contribution in [0.1, 0.15) is 168 Å². The second-order valence-electron chi connectivity index (χ2n) is 29.1. The van der Waals surface area contributed by atoms with Crippen molar-refractivity contribution in [1.82, 2.24) is 39.8 Å². The number of nitriles is 4. The summed E-state index contributed by atoms with van der Waals surface area (Å²) in [5.41, 5.74) is 20.8. The predicted octanol–water partition coefficient (Wildman–Crippen LogP) is 21.4. The van der Waals surface area contributed by atoms with E-state index < -0.39 is 0 Å². The Hall–Kier alpha value is -12.3. The van der Waals surface area contributed by atoms with E-state index in [9.17, 15) is 21.0 Å². The zero-order valence-corrected chi connectivity index (χ0v) is 62.7. The van der Waals surface area contributed by atoms with Crippen LogP contribution in [0, 0.1) is 92.7 Å². The number of hydrogen-bond donors (Lipinski definition) is 0. The summed E-state index contributed by atoms with van der Waals surface area (Å²) in [6.07, 6.45) is 36.0. The van der Waals surface area contributed by atoms with Gasteiger partial charge in [0.15, 0.2) is 0 Å². The summed E-state index contributed by atoms with van der Waals surface area (Å²) in [5, 5.41) is 49.5. The van der Waals surface area contributed by atoms with Crippen LogP contribution in [0.4, 0.5) is 0 Å². The van der Waals surface area contributed by atoms with Gasteiger partial charge in [0.2, 0.25) is 0 Å². The molecular formula is C92H84N12O3S. The number of hydrogen-bond acceptors (Lipinski definition) is 16. The summed E-state index contributed by atoms with van der Waals surface area (Å²) >= 11 is 1.63. The van der Waals surface area contributed by atoms with Crippen molar-refractivity contribution in [1.29, 1.82) is 21.0 Å². The summed E-state index contributed by atoms with van der Waals surface area (Å²) in [7, 11) is 0. The molecule has 12 atom stereocenters. The third kappa shape index (κ3) is 16.7. The fourth-order valence-electron chi connectivity index (χ4n) is 15.2. The molecule has 0 bridgehead atoms. The first-order chi connectivity index (χ1) is 52.7. The van der Waals surface area contributed by atoms with E-state index in [4.69, 9.17) is 13.6 Å². The van der Waals surface area contributed by atoms with Crippen molar-refractivity contribution in [3.05, 3.63) is 309 Å². The number of pyridine rings is 4. The van der Waals surface area contributed by atoms with Gasteiger partial charge in [-0.1, -0.05) is 192 Å². The highest BCUT2D eigenvalue weighted by Crippen LogP contribution is 2.45. The molecule has 0 unspecified atom stereocenters. The molecule has 0 N–H and O–H groups in total. The van der Waals surface area contributed by atoms with E-state index in [1.54, 1.807) is 24.1 Å². The van der Waals surface area contributed by atoms with Gasteiger partial charge >= 0.3 is 0 Å². The Morgan fingerprint density at radius 2 is 0.759 bits per heavy atom. The molecule has 0 amide bonds. The van der Waals surface area contributed by atoms with Gasteiger partial charge in [-0.3, -0.25) is 19.9 Å². The summed E-state index contributed by atoms with van der Waals surface area (Å²) in [6.45, 7) is 18.3. The number of benzene rings is 4. The minimum atomic E-state index is 0.215. The molecule has 12 aromatic rings.